The molecule has 1 aromatic heterocycles. The lowest BCUT2D eigenvalue weighted by Gasteiger charge is -2.49. The molecule has 3 atom stereocenters. The van der Waals surface area contributed by atoms with E-state index in [1.807, 2.05) is 0 Å². The molecule has 1 saturated heterocycles. The van der Waals surface area contributed by atoms with Gasteiger partial charge in [-0.1, -0.05) is 42.1 Å². The van der Waals surface area contributed by atoms with Crippen LogP contribution in [0, 0.1) is 0 Å². The predicted octanol–water partition coefficient (Wildman–Crippen LogP) is -0.485. The molecule has 4 N–H and O–H groups in total. The number of aromatic nitrogens is 4. The van der Waals surface area contributed by atoms with Gasteiger partial charge in [0.1, 0.15) is 17.1 Å². The van der Waals surface area contributed by atoms with Crippen LogP contribution < -0.4 is 5.32 Å². The van der Waals surface area contributed by atoms with Gasteiger partial charge in [0, 0.05) is 18.1 Å². The summed E-state index contributed by atoms with van der Waals surface area (Å²) in [5.74, 6) is -2.70. The van der Waals surface area contributed by atoms with Crippen LogP contribution in [-0.4, -0.2) is 94.7 Å². The molecule has 0 spiro atoms. The van der Waals surface area contributed by atoms with Crippen molar-refractivity contribution in [2.45, 2.75) is 35.6 Å². The fourth-order valence-corrected chi connectivity index (χ4v) is 6.68. The Bertz CT molecular complexity index is 1330. The van der Waals surface area contributed by atoms with Crippen LogP contribution in [0.3, 0.4) is 0 Å². The number of fused-ring (bicyclic) bond motifs is 1. The highest BCUT2D eigenvalue weighted by atomic mass is 32.2. The summed E-state index contributed by atoms with van der Waals surface area (Å²) in [4.78, 5) is 38.5. The number of carboxylic acids is 1. The molecule has 2 aliphatic rings. The Kier molecular flexibility index (Phi) is 8.17. The van der Waals surface area contributed by atoms with Crippen molar-refractivity contribution < 1.29 is 37.6 Å². The minimum Gasteiger partial charge on any atom is -0.477 e. The van der Waals surface area contributed by atoms with Gasteiger partial charge in [-0.25, -0.2) is 9.48 Å². The van der Waals surface area contributed by atoms with Crippen molar-refractivity contribution in [2.75, 3.05) is 17.3 Å². The van der Waals surface area contributed by atoms with Crippen molar-refractivity contribution in [1.82, 2.24) is 30.4 Å². The summed E-state index contributed by atoms with van der Waals surface area (Å²) in [5, 5.41) is 33.5. The third-order valence-electron chi connectivity index (χ3n) is 5.56. The highest BCUT2D eigenvalue weighted by Crippen LogP contribution is 2.41. The molecule has 17 heteroatoms. The number of amides is 2. The van der Waals surface area contributed by atoms with Crippen molar-refractivity contribution >= 4 is 51.4 Å². The van der Waals surface area contributed by atoms with E-state index in [4.69, 9.17) is 4.55 Å². The number of carbonyl (C=O) groups excluding carboxylic acids is 2. The Labute approximate surface area is 219 Å². The van der Waals surface area contributed by atoms with Gasteiger partial charge in [0.15, 0.2) is 6.10 Å². The lowest BCUT2D eigenvalue weighted by atomic mass is 10.0. The average molecular weight is 571 g/mol. The maximum Gasteiger partial charge on any atom is 0.352 e. The van der Waals surface area contributed by atoms with E-state index in [1.165, 1.54) is 16.4 Å². The van der Waals surface area contributed by atoms with Gasteiger partial charge < -0.3 is 15.5 Å². The average Bonchev–Trinajstić information content (AvgIpc) is 3.31. The molecule has 0 aliphatic carbocycles. The summed E-state index contributed by atoms with van der Waals surface area (Å²) in [5.41, 5.74) is 0.639. The topological polar surface area (TPSA) is 205 Å². The Morgan fingerprint density at radius 3 is 2.68 bits per heavy atom. The van der Waals surface area contributed by atoms with Gasteiger partial charge in [-0.2, -0.15) is 8.42 Å². The number of nitrogens with zero attached hydrogens (tertiary/aromatic N) is 5. The highest BCUT2D eigenvalue weighted by molar-refractivity contribution is 8.01. The molecular weight excluding hydrogens is 548 g/mol. The van der Waals surface area contributed by atoms with Gasteiger partial charge in [-0.05, 0) is 28.0 Å². The number of hydrogen-bond donors (Lipinski definition) is 4. The number of aliphatic hydroxyl groups excluding tert-OH is 1. The second-order valence-electron chi connectivity index (χ2n) is 8.08. The quantitative estimate of drug-likeness (QED) is 0.153. The summed E-state index contributed by atoms with van der Waals surface area (Å²) in [6.45, 7) is 0.123. The van der Waals surface area contributed by atoms with E-state index in [-0.39, 0.29) is 30.2 Å². The van der Waals surface area contributed by atoms with E-state index >= 15 is 0 Å². The van der Waals surface area contributed by atoms with E-state index in [0.717, 1.165) is 16.7 Å². The number of hydrogen-bond acceptors (Lipinski definition) is 11. The lowest BCUT2D eigenvalue weighted by Crippen LogP contribution is -2.70. The van der Waals surface area contributed by atoms with Gasteiger partial charge in [-0.3, -0.25) is 19.0 Å². The van der Waals surface area contributed by atoms with Gasteiger partial charge in [0.25, 0.3) is 21.9 Å². The van der Waals surface area contributed by atoms with Crippen molar-refractivity contribution in [1.29, 1.82) is 0 Å². The van der Waals surface area contributed by atoms with Crippen LogP contribution >= 0.6 is 23.5 Å². The summed E-state index contributed by atoms with van der Waals surface area (Å²) in [6, 6.07) is 7.25. The van der Waals surface area contributed by atoms with Gasteiger partial charge in [0.05, 0.1) is 5.75 Å². The number of β-lactam (4-membered cyclic amide) rings is 1. The first-order valence-corrected chi connectivity index (χ1v) is 14.5. The van der Waals surface area contributed by atoms with Crippen LogP contribution in [0.5, 0.6) is 0 Å². The smallest absolute Gasteiger partial charge is 0.352 e. The summed E-state index contributed by atoms with van der Waals surface area (Å²) < 4.78 is 32.0. The molecule has 2 amide bonds. The minimum atomic E-state index is -4.12. The highest BCUT2D eigenvalue weighted by Gasteiger charge is 2.54. The standard InChI is InChI=1S/C20H22N6O8S3/c27-15(11-5-2-1-3-6-11)16(28)21-13-17(29)26-14(19(30)31)12(9-35-18(13)26)10-36-20-22-23-24-25(20)7-4-8-37(32,33)34/h1-3,5-6,13,15,18,27H,4,7-10H2,(H,21,28)(H,30,31)(H,32,33,34)/t13?,15?,18-/m1/s1. The first kappa shape index (κ1) is 27.1. The van der Waals surface area contributed by atoms with Gasteiger partial charge in [-0.15, -0.1) is 16.9 Å². The SMILES string of the molecule is O=C(O)C1=C(CSc2nnnn2CCCS(=O)(=O)O)CS[C@@H]2C(NC(=O)C(O)c3ccccc3)C(=O)N12. The molecule has 3 heterocycles. The van der Waals surface area contributed by atoms with Crippen LogP contribution in [0.15, 0.2) is 46.8 Å². The molecule has 1 aromatic carbocycles. The summed E-state index contributed by atoms with van der Waals surface area (Å²) >= 11 is 2.40. The molecule has 198 valence electrons. The molecule has 0 saturated carbocycles. The third-order valence-corrected chi connectivity index (χ3v) is 8.75. The molecule has 4 rings (SSSR count). The monoisotopic (exact) mass is 570 g/mol. The fraction of sp³-hybridized carbons (Fsp3) is 0.400. The largest absolute Gasteiger partial charge is 0.477 e. The number of carboxylic acid groups (broad SMARTS) is 1. The Morgan fingerprint density at radius 1 is 1.27 bits per heavy atom. The fourth-order valence-electron chi connectivity index (χ4n) is 3.80. The van der Waals surface area contributed by atoms with E-state index in [2.05, 4.69) is 20.8 Å². The van der Waals surface area contributed by atoms with E-state index in [0.29, 0.717) is 16.3 Å². The number of aliphatic hydroxyl groups is 1. The van der Waals surface area contributed by atoms with Crippen LogP contribution in [0.25, 0.3) is 0 Å². The number of tetrazole rings is 1. The van der Waals surface area contributed by atoms with Crippen molar-refractivity contribution in [3.05, 3.63) is 47.2 Å². The van der Waals surface area contributed by atoms with Crippen LogP contribution in [0.1, 0.15) is 18.1 Å². The number of aliphatic carboxylic acids is 1. The Balaban J connectivity index is 1.41. The van der Waals surface area contributed by atoms with Gasteiger partial charge >= 0.3 is 5.97 Å². The number of rotatable bonds is 11. The van der Waals surface area contributed by atoms with Crippen molar-refractivity contribution in [2.24, 2.45) is 0 Å². The first-order valence-electron chi connectivity index (χ1n) is 10.8. The third kappa shape index (κ3) is 6.12. The zero-order valence-corrected chi connectivity index (χ0v) is 21.4. The molecule has 2 aromatic rings. The normalized spacial score (nSPS) is 20.3. The molecule has 37 heavy (non-hydrogen) atoms. The number of thioether (sulfide) groups is 2. The first-order chi connectivity index (χ1) is 17.6. The summed E-state index contributed by atoms with van der Waals surface area (Å²) in [6.07, 6.45) is -1.40. The van der Waals surface area contributed by atoms with Crippen LogP contribution in [-0.2, 0) is 31.0 Å². The number of benzene rings is 1. The molecule has 14 nitrogen and oxygen atoms in total. The maximum absolute atomic E-state index is 12.8. The van der Waals surface area contributed by atoms with Crippen molar-refractivity contribution in [3.8, 4) is 0 Å². The lowest BCUT2D eigenvalue weighted by molar-refractivity contribution is -0.151. The molecule has 0 radical (unpaired) electrons. The predicted molar refractivity (Wildman–Crippen MR) is 131 cm³/mol. The second kappa shape index (κ2) is 11.2. The Morgan fingerprint density at radius 2 is 2.00 bits per heavy atom. The number of aryl methyl sites for hydroxylation is 1. The zero-order valence-electron chi connectivity index (χ0n) is 19.0. The number of nitrogens with one attached hydrogen (secondary N) is 1. The second-order valence-corrected chi connectivity index (χ2v) is 11.7. The van der Waals surface area contributed by atoms with Crippen LogP contribution in [0.2, 0.25) is 0 Å². The molecule has 2 unspecified atom stereocenters. The molecule has 2 aliphatic heterocycles. The maximum atomic E-state index is 12.8. The zero-order chi connectivity index (χ0) is 26.7. The summed E-state index contributed by atoms with van der Waals surface area (Å²) in [7, 11) is -4.12. The van der Waals surface area contributed by atoms with E-state index in [9.17, 15) is 33.0 Å². The van der Waals surface area contributed by atoms with Crippen molar-refractivity contribution in [3.63, 3.8) is 0 Å². The molecule has 0 bridgehead atoms. The van der Waals surface area contributed by atoms with E-state index in [1.54, 1.807) is 30.3 Å². The molecular formula is C20H22N6O8S3. The molecule has 1 fully saturated rings. The minimum absolute atomic E-state index is 0.0758. The Hall–Kier alpha value is -2.99. The number of carbonyl (C=O) groups is 3. The van der Waals surface area contributed by atoms with Gasteiger partial charge in [0.2, 0.25) is 5.16 Å². The van der Waals surface area contributed by atoms with E-state index < -0.39 is 51.2 Å². The van der Waals surface area contributed by atoms with Crippen LogP contribution in [0.4, 0.5) is 0 Å².